The molecule has 0 aromatic heterocycles. The van der Waals surface area contributed by atoms with E-state index in [1.165, 1.54) is 38.4 Å². The second-order valence-corrected chi connectivity index (χ2v) is 9.26. The van der Waals surface area contributed by atoms with Gasteiger partial charge in [-0.2, -0.15) is 13.2 Å². The van der Waals surface area contributed by atoms with Crippen molar-refractivity contribution in [3.63, 3.8) is 0 Å². The minimum atomic E-state index is -4.66. The predicted octanol–water partition coefficient (Wildman–Crippen LogP) is 4.87. The number of esters is 1. The molecular formula is C24H22F3NO6S. The normalized spacial score (nSPS) is 11.7. The maximum absolute atomic E-state index is 13.3. The first-order chi connectivity index (χ1) is 16.5. The van der Waals surface area contributed by atoms with Gasteiger partial charge in [-0.05, 0) is 48.0 Å². The molecule has 0 atom stereocenters. The Balaban J connectivity index is 1.88. The van der Waals surface area contributed by atoms with Gasteiger partial charge in [0.2, 0.25) is 0 Å². The smallest absolute Gasteiger partial charge is 0.416 e. The average Bonchev–Trinajstić information content (AvgIpc) is 2.85. The number of sulfonamides is 1. The molecule has 0 aliphatic heterocycles. The van der Waals surface area contributed by atoms with Crippen LogP contribution in [-0.4, -0.2) is 35.3 Å². The van der Waals surface area contributed by atoms with Gasteiger partial charge in [0.25, 0.3) is 10.0 Å². The molecule has 186 valence electrons. The number of ether oxygens (including phenoxy) is 3. The van der Waals surface area contributed by atoms with Crippen LogP contribution in [0.3, 0.4) is 0 Å². The molecule has 0 N–H and O–H groups in total. The lowest BCUT2D eigenvalue weighted by molar-refractivity contribution is -0.137. The first-order valence-corrected chi connectivity index (χ1v) is 11.6. The summed E-state index contributed by atoms with van der Waals surface area (Å²) >= 11 is 0. The third-order valence-corrected chi connectivity index (χ3v) is 6.71. The molecule has 0 saturated heterocycles. The summed E-state index contributed by atoms with van der Waals surface area (Å²) in [6, 6.07) is 16.1. The number of carbonyl (C=O) groups excluding carboxylic acids is 1. The molecule has 0 spiro atoms. The van der Waals surface area contributed by atoms with Gasteiger partial charge in [-0.25, -0.2) is 13.2 Å². The van der Waals surface area contributed by atoms with Crippen LogP contribution in [0.4, 0.5) is 18.9 Å². The lowest BCUT2D eigenvalue weighted by atomic mass is 10.1. The maximum Gasteiger partial charge on any atom is 0.416 e. The zero-order chi connectivity index (χ0) is 25.6. The molecule has 0 saturated carbocycles. The molecule has 0 fully saturated rings. The number of benzene rings is 3. The Hall–Kier alpha value is -3.57. The van der Waals surface area contributed by atoms with Crippen molar-refractivity contribution in [3.8, 4) is 5.75 Å². The highest BCUT2D eigenvalue weighted by molar-refractivity contribution is 7.92. The summed E-state index contributed by atoms with van der Waals surface area (Å²) in [7, 11) is -1.45. The predicted molar refractivity (Wildman–Crippen MR) is 122 cm³/mol. The van der Waals surface area contributed by atoms with Gasteiger partial charge in [0.1, 0.15) is 12.4 Å². The first-order valence-electron chi connectivity index (χ1n) is 10.2. The van der Waals surface area contributed by atoms with Crippen LogP contribution < -0.4 is 9.04 Å². The minimum absolute atomic E-state index is 0.0238. The van der Waals surface area contributed by atoms with Gasteiger partial charge in [0, 0.05) is 14.2 Å². The highest BCUT2D eigenvalue weighted by atomic mass is 32.2. The Morgan fingerprint density at radius 2 is 1.63 bits per heavy atom. The van der Waals surface area contributed by atoms with Crippen molar-refractivity contribution in [2.24, 2.45) is 0 Å². The van der Waals surface area contributed by atoms with Gasteiger partial charge in [-0.1, -0.05) is 30.3 Å². The lowest BCUT2D eigenvalue weighted by Crippen LogP contribution is -2.27. The van der Waals surface area contributed by atoms with Crippen LogP contribution in [0.1, 0.15) is 21.5 Å². The summed E-state index contributed by atoms with van der Waals surface area (Å²) in [5, 5.41) is 0. The van der Waals surface area contributed by atoms with E-state index in [4.69, 9.17) is 9.47 Å². The number of anilines is 1. The summed E-state index contributed by atoms with van der Waals surface area (Å²) in [5.41, 5.74) is -0.274. The fourth-order valence-corrected chi connectivity index (χ4v) is 4.27. The molecule has 0 radical (unpaired) electrons. The molecule has 0 aliphatic rings. The molecule has 0 amide bonds. The van der Waals surface area contributed by atoms with Crippen LogP contribution in [0.5, 0.6) is 5.75 Å². The monoisotopic (exact) mass is 509 g/mol. The molecule has 0 unspecified atom stereocenters. The van der Waals surface area contributed by atoms with Gasteiger partial charge in [-0.3, -0.25) is 4.31 Å². The van der Waals surface area contributed by atoms with E-state index in [1.54, 1.807) is 30.3 Å². The number of hydrogen-bond acceptors (Lipinski definition) is 6. The molecule has 35 heavy (non-hydrogen) atoms. The van der Waals surface area contributed by atoms with Crippen LogP contribution in [0.15, 0.2) is 77.7 Å². The standard InChI is InChI=1S/C24H22F3NO6S/c1-28(35(30,31)20-6-4-3-5-7-20)21-13-12-19(24(25,26)27)14-22(21)33-15-17-8-10-18(11-9-17)23(29)34-16-32-2/h3-14H,15-16H2,1-2H3. The molecule has 3 aromatic carbocycles. The van der Waals surface area contributed by atoms with E-state index in [-0.39, 0.29) is 35.3 Å². The highest BCUT2D eigenvalue weighted by Crippen LogP contribution is 2.38. The van der Waals surface area contributed by atoms with E-state index < -0.39 is 27.7 Å². The van der Waals surface area contributed by atoms with E-state index in [0.717, 1.165) is 22.5 Å². The van der Waals surface area contributed by atoms with Crippen molar-refractivity contribution in [1.82, 2.24) is 0 Å². The molecule has 11 heteroatoms. The Morgan fingerprint density at radius 3 is 2.23 bits per heavy atom. The second kappa shape index (κ2) is 10.8. The zero-order valence-electron chi connectivity index (χ0n) is 18.8. The van der Waals surface area contributed by atoms with Crippen molar-refractivity contribution in [2.45, 2.75) is 17.7 Å². The third-order valence-electron chi connectivity index (χ3n) is 4.92. The number of halogens is 3. The fourth-order valence-electron chi connectivity index (χ4n) is 3.04. The summed E-state index contributed by atoms with van der Waals surface area (Å²) in [5.74, 6) is -0.877. The first kappa shape index (κ1) is 26.0. The van der Waals surface area contributed by atoms with Gasteiger partial charge in [-0.15, -0.1) is 0 Å². The maximum atomic E-state index is 13.3. The topological polar surface area (TPSA) is 82.1 Å². The van der Waals surface area contributed by atoms with Crippen LogP contribution in [0.2, 0.25) is 0 Å². The van der Waals surface area contributed by atoms with Crippen molar-refractivity contribution < 1.29 is 40.6 Å². The van der Waals surface area contributed by atoms with E-state index >= 15 is 0 Å². The van der Waals surface area contributed by atoms with Crippen LogP contribution >= 0.6 is 0 Å². The Kier molecular flexibility index (Phi) is 8.03. The van der Waals surface area contributed by atoms with Gasteiger partial charge in [0.05, 0.1) is 21.7 Å². The quantitative estimate of drug-likeness (QED) is 0.302. The van der Waals surface area contributed by atoms with E-state index in [9.17, 15) is 26.4 Å². The van der Waals surface area contributed by atoms with E-state index in [2.05, 4.69) is 4.74 Å². The number of alkyl halides is 3. The number of carbonyl (C=O) groups is 1. The molecule has 0 heterocycles. The van der Waals surface area contributed by atoms with Crippen molar-refractivity contribution >= 4 is 21.7 Å². The highest BCUT2D eigenvalue weighted by Gasteiger charge is 2.33. The molecular weight excluding hydrogens is 487 g/mol. The number of methoxy groups -OCH3 is 1. The third kappa shape index (κ3) is 6.31. The largest absolute Gasteiger partial charge is 0.487 e. The second-order valence-electron chi connectivity index (χ2n) is 7.29. The van der Waals surface area contributed by atoms with Crippen LogP contribution in [0.25, 0.3) is 0 Å². The molecule has 3 rings (SSSR count). The van der Waals surface area contributed by atoms with Crippen molar-refractivity contribution in [2.75, 3.05) is 25.3 Å². The summed E-state index contributed by atoms with van der Waals surface area (Å²) in [6.07, 6.45) is -4.66. The van der Waals surface area contributed by atoms with Crippen molar-refractivity contribution in [1.29, 1.82) is 0 Å². The number of hydrogen-bond donors (Lipinski definition) is 0. The van der Waals surface area contributed by atoms with E-state index in [0.29, 0.717) is 5.56 Å². The minimum Gasteiger partial charge on any atom is -0.487 e. The van der Waals surface area contributed by atoms with Crippen LogP contribution in [0, 0.1) is 0 Å². The lowest BCUT2D eigenvalue weighted by Gasteiger charge is -2.23. The Bertz CT molecular complexity index is 1260. The van der Waals surface area contributed by atoms with Crippen LogP contribution in [-0.2, 0) is 32.3 Å². The molecule has 0 aliphatic carbocycles. The molecule has 7 nitrogen and oxygen atoms in total. The summed E-state index contributed by atoms with van der Waals surface area (Å²) in [4.78, 5) is 11.8. The fraction of sp³-hybridized carbons (Fsp3) is 0.208. The SMILES string of the molecule is COCOC(=O)c1ccc(COc2cc(C(F)(F)F)ccc2N(C)S(=O)(=O)c2ccccc2)cc1. The number of nitrogens with zero attached hydrogens (tertiary/aromatic N) is 1. The Morgan fingerprint density at radius 1 is 0.971 bits per heavy atom. The van der Waals surface area contributed by atoms with E-state index in [1.807, 2.05) is 0 Å². The van der Waals surface area contributed by atoms with Crippen molar-refractivity contribution in [3.05, 3.63) is 89.5 Å². The zero-order valence-corrected chi connectivity index (χ0v) is 19.6. The average molecular weight is 510 g/mol. The van der Waals surface area contributed by atoms with Gasteiger partial charge >= 0.3 is 12.1 Å². The van der Waals surface area contributed by atoms with Gasteiger partial charge in [0.15, 0.2) is 6.79 Å². The Labute approximate surface area is 200 Å². The summed E-state index contributed by atoms with van der Waals surface area (Å²) < 4.78 is 82.0. The van der Waals surface area contributed by atoms with Gasteiger partial charge < -0.3 is 14.2 Å². The summed E-state index contributed by atoms with van der Waals surface area (Å²) in [6.45, 7) is -0.387. The number of rotatable bonds is 9. The molecule has 3 aromatic rings. The molecule has 0 bridgehead atoms.